The summed E-state index contributed by atoms with van der Waals surface area (Å²) in [5.41, 5.74) is 1.53. The molecule has 0 fully saturated rings. The van der Waals surface area contributed by atoms with Crippen LogP contribution in [-0.4, -0.2) is 29.5 Å². The first-order valence-electron chi connectivity index (χ1n) is 5.36. The number of halogens is 1. The van der Waals surface area contributed by atoms with Crippen molar-refractivity contribution in [1.29, 1.82) is 0 Å². The number of nitrogens with one attached hydrogen (secondary N) is 3. The molecule has 0 atom stereocenters. The van der Waals surface area contributed by atoms with Gasteiger partial charge in [0.15, 0.2) is 11.6 Å². The molecule has 0 aromatic carbocycles. The Bertz CT molecular complexity index is 436. The third kappa shape index (κ3) is 3.27. The van der Waals surface area contributed by atoms with E-state index in [9.17, 15) is 9.18 Å². The third-order valence-corrected chi connectivity index (χ3v) is 2.41. The molecule has 100 valence electrons. The molecule has 0 aliphatic rings. The van der Waals surface area contributed by atoms with Gasteiger partial charge in [0.05, 0.1) is 11.6 Å². The minimum atomic E-state index is -0.692. The molecule has 0 unspecified atom stereocenters. The van der Waals surface area contributed by atoms with E-state index in [-0.39, 0.29) is 24.2 Å². The molecular weight excluding hydrogens is 239 g/mol. The van der Waals surface area contributed by atoms with Crippen LogP contribution in [0, 0.1) is 11.2 Å². The van der Waals surface area contributed by atoms with Crippen LogP contribution >= 0.6 is 0 Å². The number of carbonyl (C=O) groups excluding carboxylic acids is 1. The first-order chi connectivity index (χ1) is 8.40. The number of hydrogen-bond acceptors (Lipinski definition) is 6. The van der Waals surface area contributed by atoms with Crippen molar-refractivity contribution in [3.05, 3.63) is 12.0 Å². The summed E-state index contributed by atoms with van der Waals surface area (Å²) in [6.07, 6.45) is 0.997. The maximum absolute atomic E-state index is 13.4. The number of nitrogens with zero attached hydrogens (tertiary/aromatic N) is 2. The summed E-state index contributed by atoms with van der Waals surface area (Å²) in [7, 11) is 1.55. The number of hydrogen-bond donors (Lipinski definition) is 4. The lowest BCUT2D eigenvalue weighted by molar-refractivity contribution is -0.128. The molecule has 1 rings (SSSR count). The normalized spacial score (nSPS) is 10.9. The van der Waals surface area contributed by atoms with E-state index in [0.29, 0.717) is 0 Å². The van der Waals surface area contributed by atoms with Gasteiger partial charge in [0.1, 0.15) is 0 Å². The van der Waals surface area contributed by atoms with Gasteiger partial charge in [-0.25, -0.2) is 15.2 Å². The van der Waals surface area contributed by atoms with Gasteiger partial charge >= 0.3 is 0 Å². The van der Waals surface area contributed by atoms with Crippen molar-refractivity contribution >= 4 is 17.7 Å². The van der Waals surface area contributed by atoms with Crippen LogP contribution in [0.4, 0.5) is 16.2 Å². The van der Waals surface area contributed by atoms with E-state index in [4.69, 9.17) is 5.84 Å². The van der Waals surface area contributed by atoms with Gasteiger partial charge in [0, 0.05) is 13.6 Å². The molecule has 0 saturated carbocycles. The maximum Gasteiger partial charge on any atom is 0.239 e. The van der Waals surface area contributed by atoms with E-state index in [1.807, 2.05) is 0 Å². The van der Waals surface area contributed by atoms with Crippen molar-refractivity contribution in [3.63, 3.8) is 0 Å². The molecule has 1 heterocycles. The maximum atomic E-state index is 13.4. The molecular formula is C10H17FN6O. The number of nitrogens with two attached hydrogens (primary N) is 1. The zero-order valence-electron chi connectivity index (χ0n) is 10.5. The summed E-state index contributed by atoms with van der Waals surface area (Å²) in [6, 6.07) is 0. The molecule has 0 saturated heterocycles. The summed E-state index contributed by atoms with van der Waals surface area (Å²) < 4.78 is 13.4. The molecule has 7 nitrogen and oxygen atoms in total. The summed E-state index contributed by atoms with van der Waals surface area (Å²) in [5.74, 6) is 4.46. The van der Waals surface area contributed by atoms with E-state index < -0.39 is 11.2 Å². The minimum absolute atomic E-state index is 0.00470. The van der Waals surface area contributed by atoms with Crippen LogP contribution in [-0.2, 0) is 4.79 Å². The molecule has 5 N–H and O–H groups in total. The Morgan fingerprint density at radius 1 is 1.56 bits per heavy atom. The van der Waals surface area contributed by atoms with Gasteiger partial charge in [-0.15, -0.1) is 0 Å². The second-order valence-electron chi connectivity index (χ2n) is 4.35. The van der Waals surface area contributed by atoms with Crippen molar-refractivity contribution in [3.8, 4) is 0 Å². The smallest absolute Gasteiger partial charge is 0.239 e. The quantitative estimate of drug-likeness (QED) is 0.439. The van der Waals surface area contributed by atoms with E-state index in [1.165, 1.54) is 0 Å². The first-order valence-corrected chi connectivity index (χ1v) is 5.36. The second kappa shape index (κ2) is 5.58. The Morgan fingerprint density at radius 2 is 2.22 bits per heavy atom. The number of amides is 1. The molecule has 1 amide bonds. The van der Waals surface area contributed by atoms with Crippen LogP contribution in [0.5, 0.6) is 0 Å². The Labute approximate surface area is 104 Å². The lowest BCUT2D eigenvalue weighted by Crippen LogP contribution is -2.39. The third-order valence-electron chi connectivity index (χ3n) is 2.41. The summed E-state index contributed by atoms with van der Waals surface area (Å²) in [5, 5.41) is 5.30. The highest BCUT2D eigenvalue weighted by molar-refractivity contribution is 5.82. The highest BCUT2D eigenvalue weighted by Gasteiger charge is 2.26. The van der Waals surface area contributed by atoms with E-state index in [2.05, 4.69) is 26.0 Å². The monoisotopic (exact) mass is 256 g/mol. The van der Waals surface area contributed by atoms with Crippen molar-refractivity contribution in [2.75, 3.05) is 24.3 Å². The molecule has 0 bridgehead atoms. The number of anilines is 2. The first kappa shape index (κ1) is 14.1. The molecule has 1 aromatic heterocycles. The molecule has 18 heavy (non-hydrogen) atoms. The number of hydrazine groups is 1. The van der Waals surface area contributed by atoms with Gasteiger partial charge in [-0.05, 0) is 13.8 Å². The molecule has 0 aliphatic heterocycles. The predicted octanol–water partition coefficient (Wildman–Crippen LogP) is 0.0854. The number of rotatable bonds is 5. The van der Waals surface area contributed by atoms with E-state index >= 15 is 0 Å². The average molecular weight is 256 g/mol. The zero-order valence-corrected chi connectivity index (χ0v) is 10.5. The molecule has 0 spiro atoms. The van der Waals surface area contributed by atoms with Gasteiger partial charge < -0.3 is 10.6 Å². The van der Waals surface area contributed by atoms with Crippen molar-refractivity contribution in [2.24, 2.45) is 11.3 Å². The van der Waals surface area contributed by atoms with Gasteiger partial charge in [-0.1, -0.05) is 0 Å². The summed E-state index contributed by atoms with van der Waals surface area (Å²) >= 11 is 0. The van der Waals surface area contributed by atoms with Crippen LogP contribution in [0.1, 0.15) is 13.8 Å². The van der Waals surface area contributed by atoms with Gasteiger partial charge in [-0.3, -0.25) is 10.2 Å². The highest BCUT2D eigenvalue weighted by atomic mass is 19.1. The lowest BCUT2D eigenvalue weighted by Gasteiger charge is -2.23. The molecule has 8 heteroatoms. The van der Waals surface area contributed by atoms with Crippen LogP contribution in [0.25, 0.3) is 0 Å². The molecule has 1 aromatic rings. The van der Waals surface area contributed by atoms with E-state index in [1.54, 1.807) is 20.9 Å². The predicted molar refractivity (Wildman–Crippen MR) is 66.1 cm³/mol. The number of carbonyl (C=O) groups is 1. The lowest BCUT2D eigenvalue weighted by atomic mass is 9.92. The van der Waals surface area contributed by atoms with Crippen LogP contribution < -0.4 is 21.9 Å². The van der Waals surface area contributed by atoms with Gasteiger partial charge in [0.2, 0.25) is 11.9 Å². The van der Waals surface area contributed by atoms with Crippen LogP contribution in [0.3, 0.4) is 0 Å². The fraction of sp³-hybridized carbons (Fsp3) is 0.500. The Morgan fingerprint density at radius 3 is 2.78 bits per heavy atom. The Kier molecular flexibility index (Phi) is 4.38. The largest absolute Gasteiger partial charge is 0.366 e. The highest BCUT2D eigenvalue weighted by Crippen LogP contribution is 2.18. The Hall–Kier alpha value is -1.96. The topological polar surface area (TPSA) is 105 Å². The van der Waals surface area contributed by atoms with Crippen LogP contribution in [0.2, 0.25) is 0 Å². The number of aromatic nitrogens is 2. The number of nitrogen functional groups attached to an aromatic ring is 1. The second-order valence-corrected chi connectivity index (χ2v) is 4.35. The fourth-order valence-electron chi connectivity index (χ4n) is 1.28. The van der Waals surface area contributed by atoms with Crippen molar-refractivity contribution in [2.45, 2.75) is 13.8 Å². The minimum Gasteiger partial charge on any atom is -0.366 e. The summed E-state index contributed by atoms with van der Waals surface area (Å²) in [4.78, 5) is 19.0. The van der Waals surface area contributed by atoms with E-state index in [0.717, 1.165) is 6.20 Å². The average Bonchev–Trinajstić information content (AvgIpc) is 2.36. The van der Waals surface area contributed by atoms with Crippen molar-refractivity contribution in [1.82, 2.24) is 15.3 Å². The zero-order chi connectivity index (χ0) is 13.8. The molecule has 0 aliphatic carbocycles. The summed E-state index contributed by atoms with van der Waals surface area (Å²) in [6.45, 7) is 3.70. The molecule has 0 radical (unpaired) electrons. The van der Waals surface area contributed by atoms with Gasteiger partial charge in [-0.2, -0.15) is 4.98 Å². The Balaban J connectivity index is 2.77. The van der Waals surface area contributed by atoms with Gasteiger partial charge in [0.25, 0.3) is 0 Å². The fourth-order valence-corrected chi connectivity index (χ4v) is 1.28. The van der Waals surface area contributed by atoms with Crippen molar-refractivity contribution < 1.29 is 9.18 Å². The SMILES string of the molecule is CNC(=O)C(C)(C)CNc1nc(NN)ncc1F. The standard InChI is InChI=1S/C10H17FN6O/c1-10(2,8(18)13-3)5-15-7-6(11)4-14-9(16-7)17-12/h4H,5,12H2,1-3H3,(H,13,18)(H2,14,15,16,17). The van der Waals surface area contributed by atoms with Crippen LogP contribution in [0.15, 0.2) is 6.20 Å².